The zero-order chi connectivity index (χ0) is 19.6. The second-order valence-electron chi connectivity index (χ2n) is 8.67. The Bertz CT molecular complexity index is 641. The summed E-state index contributed by atoms with van der Waals surface area (Å²) in [6.07, 6.45) is 2.22. The van der Waals surface area contributed by atoms with Gasteiger partial charge in [-0.2, -0.15) is 0 Å². The van der Waals surface area contributed by atoms with E-state index in [4.69, 9.17) is 17.0 Å². The third-order valence-electron chi connectivity index (χ3n) is 4.86. The van der Waals surface area contributed by atoms with E-state index in [0.717, 1.165) is 22.6 Å². The maximum Gasteiger partial charge on any atom is 0.322 e. The molecule has 5 heteroatoms. The molecule has 1 saturated heterocycles. The highest BCUT2D eigenvalue weighted by atomic mass is 32.2. The number of carbonyl (C=O) groups is 1. The lowest BCUT2D eigenvalue weighted by molar-refractivity contribution is -0.155. The minimum absolute atomic E-state index is 0.0538. The summed E-state index contributed by atoms with van der Waals surface area (Å²) in [4.78, 5) is 13.0. The molecule has 3 nitrogen and oxygen atoms in total. The van der Waals surface area contributed by atoms with Crippen molar-refractivity contribution in [2.45, 2.75) is 82.7 Å². The highest BCUT2D eigenvalue weighted by Gasteiger charge is 2.42. The first kappa shape index (κ1) is 21.4. The van der Waals surface area contributed by atoms with Crippen LogP contribution in [0.4, 0.5) is 0 Å². The van der Waals surface area contributed by atoms with Crippen molar-refractivity contribution in [2.24, 2.45) is 0 Å². The minimum atomic E-state index is -0.675. The SMILES string of the molecule is CCC(C)(SC(=S)c1ccccc1)C(=O)OC1CC(C)(C)NC(C)(C)C1. The van der Waals surface area contributed by atoms with Gasteiger partial charge in [0.05, 0.1) is 4.20 Å². The van der Waals surface area contributed by atoms with Crippen LogP contribution in [0.3, 0.4) is 0 Å². The molecule has 1 N–H and O–H groups in total. The minimum Gasteiger partial charge on any atom is -0.461 e. The third-order valence-corrected chi connectivity index (χ3v) is 6.67. The molecule has 1 aliphatic rings. The van der Waals surface area contributed by atoms with Crippen LogP contribution in [0.1, 0.15) is 66.4 Å². The number of nitrogens with one attached hydrogen (secondary N) is 1. The number of hydrogen-bond acceptors (Lipinski definition) is 5. The number of thioether (sulfide) groups is 1. The Morgan fingerprint density at radius 1 is 1.23 bits per heavy atom. The van der Waals surface area contributed by atoms with Crippen LogP contribution in [0.15, 0.2) is 30.3 Å². The van der Waals surface area contributed by atoms with E-state index >= 15 is 0 Å². The molecular weight excluding hydrogens is 362 g/mol. The molecule has 0 amide bonds. The zero-order valence-corrected chi connectivity index (χ0v) is 18.4. The fourth-order valence-corrected chi connectivity index (χ4v) is 5.31. The summed E-state index contributed by atoms with van der Waals surface area (Å²) in [6, 6.07) is 9.85. The summed E-state index contributed by atoms with van der Waals surface area (Å²) in [6.45, 7) is 12.6. The topological polar surface area (TPSA) is 38.3 Å². The number of carbonyl (C=O) groups excluding carboxylic acids is 1. The largest absolute Gasteiger partial charge is 0.461 e. The number of thiocarbonyl (C=S) groups is 1. The van der Waals surface area contributed by atoms with E-state index in [9.17, 15) is 4.79 Å². The molecule has 1 aromatic rings. The van der Waals surface area contributed by atoms with Gasteiger partial charge in [0.25, 0.3) is 0 Å². The summed E-state index contributed by atoms with van der Waals surface area (Å²) in [7, 11) is 0. The van der Waals surface area contributed by atoms with Gasteiger partial charge in [0.2, 0.25) is 0 Å². The highest BCUT2D eigenvalue weighted by Crippen LogP contribution is 2.36. The monoisotopic (exact) mass is 393 g/mol. The lowest BCUT2D eigenvalue weighted by atomic mass is 9.81. The van der Waals surface area contributed by atoms with Gasteiger partial charge in [0.15, 0.2) is 0 Å². The van der Waals surface area contributed by atoms with Crippen LogP contribution in [0.2, 0.25) is 0 Å². The molecule has 26 heavy (non-hydrogen) atoms. The third kappa shape index (κ3) is 5.54. The van der Waals surface area contributed by atoms with Crippen molar-refractivity contribution in [1.82, 2.24) is 5.32 Å². The zero-order valence-electron chi connectivity index (χ0n) is 16.7. The van der Waals surface area contributed by atoms with Crippen LogP contribution >= 0.6 is 24.0 Å². The molecule has 2 rings (SSSR count). The number of piperidine rings is 1. The van der Waals surface area contributed by atoms with Crippen LogP contribution in [0.5, 0.6) is 0 Å². The van der Waals surface area contributed by atoms with E-state index < -0.39 is 4.75 Å². The Morgan fingerprint density at radius 2 is 1.77 bits per heavy atom. The summed E-state index contributed by atoms with van der Waals surface area (Å²) in [5.41, 5.74) is 0.868. The van der Waals surface area contributed by atoms with E-state index in [1.165, 1.54) is 11.8 Å². The summed E-state index contributed by atoms with van der Waals surface area (Å²) in [5, 5.41) is 3.62. The maximum atomic E-state index is 13.0. The van der Waals surface area contributed by atoms with Crippen LogP contribution in [0, 0.1) is 0 Å². The van der Waals surface area contributed by atoms with Crippen LogP contribution in [0.25, 0.3) is 0 Å². The van der Waals surface area contributed by atoms with Gasteiger partial charge in [0.1, 0.15) is 10.9 Å². The molecule has 1 heterocycles. The maximum absolute atomic E-state index is 13.0. The molecule has 1 unspecified atom stereocenters. The van der Waals surface area contributed by atoms with Gasteiger partial charge in [0, 0.05) is 23.9 Å². The molecule has 0 spiro atoms. The van der Waals surface area contributed by atoms with E-state index in [2.05, 4.69) is 33.0 Å². The molecular formula is C21H31NO2S2. The number of ether oxygens (including phenoxy) is 1. The van der Waals surface area contributed by atoms with Crippen LogP contribution < -0.4 is 5.32 Å². The van der Waals surface area contributed by atoms with E-state index in [1.807, 2.05) is 44.2 Å². The van der Waals surface area contributed by atoms with Crippen molar-refractivity contribution in [3.63, 3.8) is 0 Å². The van der Waals surface area contributed by atoms with Gasteiger partial charge in [-0.25, -0.2) is 0 Å². The van der Waals surface area contributed by atoms with Crippen molar-refractivity contribution in [3.8, 4) is 0 Å². The standard InChI is InChI=1S/C21H31NO2S2/c1-7-21(6,26-17(25)15-11-9-8-10-12-15)18(23)24-16-13-19(2,3)22-20(4,5)14-16/h8-12,16,22H,7,13-14H2,1-6H3. The van der Waals surface area contributed by atoms with Gasteiger partial charge >= 0.3 is 5.97 Å². The summed E-state index contributed by atoms with van der Waals surface area (Å²) >= 11 is 7.01. The van der Waals surface area contributed by atoms with E-state index in [-0.39, 0.29) is 23.2 Å². The number of hydrogen-bond donors (Lipinski definition) is 1. The smallest absolute Gasteiger partial charge is 0.322 e. The fraction of sp³-hybridized carbons (Fsp3) is 0.619. The van der Waals surface area contributed by atoms with Crippen molar-refractivity contribution in [3.05, 3.63) is 35.9 Å². The van der Waals surface area contributed by atoms with Gasteiger partial charge in [-0.3, -0.25) is 4.79 Å². The number of rotatable bonds is 5. The summed E-state index contributed by atoms with van der Waals surface area (Å²) < 4.78 is 6.06. The molecule has 1 aliphatic heterocycles. The van der Waals surface area contributed by atoms with Crippen molar-refractivity contribution in [1.29, 1.82) is 0 Å². The van der Waals surface area contributed by atoms with Gasteiger partial charge < -0.3 is 10.1 Å². The first-order chi connectivity index (χ1) is 12.0. The van der Waals surface area contributed by atoms with Crippen LogP contribution in [-0.4, -0.2) is 32.1 Å². The average molecular weight is 394 g/mol. The lowest BCUT2D eigenvalue weighted by Gasteiger charge is -2.46. The fourth-order valence-electron chi connectivity index (χ4n) is 3.68. The lowest BCUT2D eigenvalue weighted by Crippen LogP contribution is -2.60. The van der Waals surface area contributed by atoms with Crippen molar-refractivity contribution >= 4 is 34.1 Å². The Morgan fingerprint density at radius 3 is 2.27 bits per heavy atom. The van der Waals surface area contributed by atoms with Crippen LogP contribution in [-0.2, 0) is 9.53 Å². The van der Waals surface area contributed by atoms with Crippen molar-refractivity contribution in [2.75, 3.05) is 0 Å². The Labute approximate surface area is 167 Å². The Kier molecular flexibility index (Phi) is 6.57. The normalized spacial score (nSPS) is 21.6. The molecule has 1 aromatic carbocycles. The van der Waals surface area contributed by atoms with E-state index in [1.54, 1.807) is 0 Å². The van der Waals surface area contributed by atoms with E-state index in [0.29, 0.717) is 6.42 Å². The number of esters is 1. The second kappa shape index (κ2) is 7.99. The molecule has 0 aliphatic carbocycles. The van der Waals surface area contributed by atoms with Gasteiger partial charge in [-0.1, -0.05) is 61.2 Å². The average Bonchev–Trinajstić information content (AvgIpc) is 2.52. The number of benzene rings is 1. The Hall–Kier alpha value is -0.910. The predicted molar refractivity (Wildman–Crippen MR) is 115 cm³/mol. The quantitative estimate of drug-likeness (QED) is 0.555. The van der Waals surface area contributed by atoms with Gasteiger partial charge in [-0.15, -0.1) is 0 Å². The van der Waals surface area contributed by atoms with Crippen molar-refractivity contribution < 1.29 is 9.53 Å². The summed E-state index contributed by atoms with van der Waals surface area (Å²) in [5.74, 6) is -0.165. The molecule has 144 valence electrons. The Balaban J connectivity index is 2.08. The van der Waals surface area contributed by atoms with Gasteiger partial charge in [-0.05, 0) is 46.6 Å². The highest BCUT2D eigenvalue weighted by molar-refractivity contribution is 8.25. The molecule has 0 bridgehead atoms. The first-order valence-electron chi connectivity index (χ1n) is 9.25. The molecule has 0 radical (unpaired) electrons. The molecule has 1 fully saturated rings. The first-order valence-corrected chi connectivity index (χ1v) is 10.5. The molecule has 0 saturated carbocycles. The molecule has 1 atom stereocenters. The predicted octanol–water partition coefficient (Wildman–Crippen LogP) is 5.12. The second-order valence-corrected chi connectivity index (χ2v) is 10.8. The molecule has 0 aromatic heterocycles.